The summed E-state index contributed by atoms with van der Waals surface area (Å²) in [5, 5.41) is 3.29. The third-order valence-electron chi connectivity index (χ3n) is 2.89. The van der Waals surface area contributed by atoms with E-state index < -0.39 is 0 Å². The molecule has 1 aliphatic rings. The van der Waals surface area contributed by atoms with Crippen LogP contribution in [0.4, 0.5) is 5.69 Å². The molecule has 0 spiro atoms. The summed E-state index contributed by atoms with van der Waals surface area (Å²) in [6.45, 7) is 0.430. The molecule has 0 N–H and O–H groups in total. The number of thiazole rings is 1. The van der Waals surface area contributed by atoms with Gasteiger partial charge < -0.3 is 4.74 Å². The minimum Gasteiger partial charge on any atom is -0.482 e. The zero-order valence-corrected chi connectivity index (χ0v) is 12.6. The first-order valence-corrected chi connectivity index (χ1v) is 7.68. The van der Waals surface area contributed by atoms with Crippen molar-refractivity contribution in [2.75, 3.05) is 11.5 Å². The van der Waals surface area contributed by atoms with Gasteiger partial charge in [-0.1, -0.05) is 11.6 Å². The molecular weight excluding hydrogens is 319 g/mol. The topological polar surface area (TPSA) is 42.4 Å². The molecule has 2 heterocycles. The molecule has 0 atom stereocenters. The average molecular weight is 329 g/mol. The summed E-state index contributed by atoms with van der Waals surface area (Å²) in [6.07, 6.45) is 0. The minimum absolute atomic E-state index is 0.0301. The number of fused-ring (bicyclic) bond motifs is 1. The van der Waals surface area contributed by atoms with Gasteiger partial charge in [0, 0.05) is 10.4 Å². The van der Waals surface area contributed by atoms with Gasteiger partial charge in [-0.05, 0) is 18.2 Å². The Labute approximate surface area is 129 Å². The van der Waals surface area contributed by atoms with Crippen molar-refractivity contribution in [1.29, 1.82) is 0 Å². The molecule has 0 saturated carbocycles. The molecule has 0 bridgehead atoms. The molecule has 0 unspecified atom stereocenters. The molecule has 0 saturated heterocycles. The van der Waals surface area contributed by atoms with Gasteiger partial charge in [0.25, 0.3) is 5.91 Å². The van der Waals surface area contributed by atoms with Crippen molar-refractivity contribution < 1.29 is 9.53 Å². The Morgan fingerprint density at radius 2 is 2.30 bits per heavy atom. The quantitative estimate of drug-likeness (QED) is 0.810. The number of carbonyl (C=O) groups excluding carboxylic acids is 1. The molecule has 104 valence electrons. The van der Waals surface area contributed by atoms with Gasteiger partial charge >= 0.3 is 0 Å². The summed E-state index contributed by atoms with van der Waals surface area (Å²) >= 11 is 13.2. The van der Waals surface area contributed by atoms with Gasteiger partial charge in [-0.2, -0.15) is 0 Å². The number of alkyl halides is 1. The number of amides is 1. The number of halogens is 2. The molecule has 1 aliphatic heterocycles. The predicted molar refractivity (Wildman–Crippen MR) is 79.8 cm³/mol. The van der Waals surface area contributed by atoms with Crippen LogP contribution in [-0.4, -0.2) is 17.5 Å². The number of benzene rings is 1. The molecule has 1 aromatic carbocycles. The van der Waals surface area contributed by atoms with Crippen LogP contribution in [0.15, 0.2) is 23.6 Å². The first-order chi connectivity index (χ1) is 9.67. The van der Waals surface area contributed by atoms with E-state index in [1.807, 2.05) is 5.38 Å². The van der Waals surface area contributed by atoms with E-state index in [4.69, 9.17) is 27.9 Å². The second-order valence-electron chi connectivity index (χ2n) is 4.25. The van der Waals surface area contributed by atoms with E-state index in [0.29, 0.717) is 28.9 Å². The Balaban J connectivity index is 1.92. The van der Waals surface area contributed by atoms with Crippen LogP contribution in [0.25, 0.3) is 0 Å². The fourth-order valence-electron chi connectivity index (χ4n) is 1.97. The Morgan fingerprint density at radius 1 is 1.45 bits per heavy atom. The standard InChI is InChI=1S/C13H10Cl2N2O2S/c14-4-9-7-20-12(16-9)5-17-10-3-8(15)1-2-11(10)19-6-13(17)18/h1-3,7H,4-6H2. The lowest BCUT2D eigenvalue weighted by molar-refractivity contribution is -0.121. The number of hydrogen-bond donors (Lipinski definition) is 0. The third-order valence-corrected chi connectivity index (χ3v) is 4.28. The monoisotopic (exact) mass is 328 g/mol. The lowest BCUT2D eigenvalue weighted by Crippen LogP contribution is -2.38. The number of anilines is 1. The summed E-state index contributed by atoms with van der Waals surface area (Å²) in [4.78, 5) is 18.1. The van der Waals surface area contributed by atoms with E-state index in [-0.39, 0.29) is 12.5 Å². The van der Waals surface area contributed by atoms with Gasteiger partial charge in [-0.25, -0.2) is 4.98 Å². The van der Waals surface area contributed by atoms with Crippen LogP contribution in [0.3, 0.4) is 0 Å². The predicted octanol–water partition coefficient (Wildman–Crippen LogP) is 3.46. The van der Waals surface area contributed by atoms with Crippen LogP contribution in [0.1, 0.15) is 10.7 Å². The van der Waals surface area contributed by atoms with Crippen molar-refractivity contribution in [3.8, 4) is 5.75 Å². The Hall–Kier alpha value is -1.30. The first-order valence-electron chi connectivity index (χ1n) is 5.89. The largest absolute Gasteiger partial charge is 0.482 e. The lowest BCUT2D eigenvalue weighted by Gasteiger charge is -2.28. The van der Waals surface area contributed by atoms with Crippen molar-refractivity contribution >= 4 is 46.1 Å². The highest BCUT2D eigenvalue weighted by atomic mass is 35.5. The summed E-state index contributed by atoms with van der Waals surface area (Å²) in [5.41, 5.74) is 1.50. The molecule has 2 aromatic rings. The van der Waals surface area contributed by atoms with E-state index in [0.717, 1.165) is 10.7 Å². The maximum absolute atomic E-state index is 12.1. The minimum atomic E-state index is -0.109. The molecule has 7 heteroatoms. The van der Waals surface area contributed by atoms with E-state index in [1.54, 1.807) is 23.1 Å². The summed E-state index contributed by atoms with van der Waals surface area (Å²) in [5.74, 6) is 0.918. The Kier molecular flexibility index (Phi) is 3.83. The highest BCUT2D eigenvalue weighted by Gasteiger charge is 2.26. The zero-order valence-electron chi connectivity index (χ0n) is 10.3. The van der Waals surface area contributed by atoms with Crippen molar-refractivity contribution in [3.05, 3.63) is 39.3 Å². The number of aromatic nitrogens is 1. The zero-order chi connectivity index (χ0) is 14.1. The van der Waals surface area contributed by atoms with Crippen molar-refractivity contribution in [2.45, 2.75) is 12.4 Å². The summed E-state index contributed by atoms with van der Waals surface area (Å²) in [6, 6.07) is 5.23. The average Bonchev–Trinajstić information content (AvgIpc) is 2.90. The maximum atomic E-state index is 12.1. The number of carbonyl (C=O) groups is 1. The molecule has 1 aromatic heterocycles. The van der Waals surface area contributed by atoms with Crippen LogP contribution in [0.5, 0.6) is 5.75 Å². The lowest BCUT2D eigenvalue weighted by atomic mass is 10.2. The van der Waals surface area contributed by atoms with E-state index in [2.05, 4.69) is 4.98 Å². The van der Waals surface area contributed by atoms with Gasteiger partial charge in [-0.15, -0.1) is 22.9 Å². The molecule has 0 radical (unpaired) electrons. The normalized spacial score (nSPS) is 14.1. The Morgan fingerprint density at radius 3 is 3.05 bits per heavy atom. The van der Waals surface area contributed by atoms with E-state index >= 15 is 0 Å². The van der Waals surface area contributed by atoms with Crippen molar-refractivity contribution in [1.82, 2.24) is 4.98 Å². The summed E-state index contributed by atoms with van der Waals surface area (Å²) < 4.78 is 5.40. The van der Waals surface area contributed by atoms with E-state index in [9.17, 15) is 4.79 Å². The van der Waals surface area contributed by atoms with Crippen LogP contribution >= 0.6 is 34.5 Å². The number of rotatable bonds is 3. The molecular formula is C13H10Cl2N2O2S. The van der Waals surface area contributed by atoms with Gasteiger partial charge in [0.2, 0.25) is 0 Å². The molecule has 1 amide bonds. The van der Waals surface area contributed by atoms with Gasteiger partial charge in [0.1, 0.15) is 10.8 Å². The second-order valence-corrected chi connectivity index (χ2v) is 5.89. The number of hydrogen-bond acceptors (Lipinski definition) is 4. The van der Waals surface area contributed by atoms with Crippen LogP contribution in [0, 0.1) is 0 Å². The number of nitrogens with zero attached hydrogens (tertiary/aromatic N) is 2. The van der Waals surface area contributed by atoms with Crippen LogP contribution in [0.2, 0.25) is 5.02 Å². The Bertz CT molecular complexity index is 660. The van der Waals surface area contributed by atoms with Gasteiger partial charge in [0.05, 0.1) is 23.8 Å². The summed E-state index contributed by atoms with van der Waals surface area (Å²) in [7, 11) is 0. The van der Waals surface area contributed by atoms with Crippen molar-refractivity contribution in [3.63, 3.8) is 0 Å². The van der Waals surface area contributed by atoms with Crippen LogP contribution < -0.4 is 9.64 Å². The smallest absolute Gasteiger partial charge is 0.265 e. The maximum Gasteiger partial charge on any atom is 0.265 e. The highest BCUT2D eigenvalue weighted by Crippen LogP contribution is 2.35. The third kappa shape index (κ3) is 2.61. The fourth-order valence-corrected chi connectivity index (χ4v) is 3.14. The first kappa shape index (κ1) is 13.7. The fraction of sp³-hybridized carbons (Fsp3) is 0.231. The highest BCUT2D eigenvalue weighted by molar-refractivity contribution is 7.09. The van der Waals surface area contributed by atoms with E-state index in [1.165, 1.54) is 11.3 Å². The van der Waals surface area contributed by atoms with Crippen LogP contribution in [-0.2, 0) is 17.2 Å². The molecule has 4 nitrogen and oxygen atoms in total. The second kappa shape index (κ2) is 5.60. The van der Waals surface area contributed by atoms with Gasteiger partial charge in [0.15, 0.2) is 6.61 Å². The molecule has 0 fully saturated rings. The molecule has 3 rings (SSSR count). The van der Waals surface area contributed by atoms with Gasteiger partial charge in [-0.3, -0.25) is 9.69 Å². The SMILES string of the molecule is O=C1COc2ccc(Cl)cc2N1Cc1nc(CCl)cs1. The molecule has 0 aliphatic carbocycles. The van der Waals surface area contributed by atoms with Crippen molar-refractivity contribution in [2.24, 2.45) is 0 Å². The molecule has 20 heavy (non-hydrogen) atoms. The number of ether oxygens (including phenoxy) is 1.